The van der Waals surface area contributed by atoms with Crippen molar-refractivity contribution in [2.75, 3.05) is 19.6 Å². The van der Waals surface area contributed by atoms with Crippen molar-refractivity contribution in [3.05, 3.63) is 65.2 Å². The number of rotatable bonds is 3. The molecule has 3 rings (SSSR count). The van der Waals surface area contributed by atoms with Gasteiger partial charge in [-0.3, -0.25) is 9.88 Å². The van der Waals surface area contributed by atoms with Crippen molar-refractivity contribution in [1.82, 2.24) is 15.2 Å². The van der Waals surface area contributed by atoms with E-state index in [0.29, 0.717) is 19.6 Å². The Labute approximate surface area is 137 Å². The van der Waals surface area contributed by atoms with Crippen molar-refractivity contribution in [1.29, 1.82) is 0 Å². The van der Waals surface area contributed by atoms with Gasteiger partial charge in [0, 0.05) is 50.2 Å². The normalized spacial score (nSPS) is 19.4. The highest BCUT2D eigenvalue weighted by molar-refractivity contribution is 5.27. The summed E-state index contributed by atoms with van der Waals surface area (Å²) < 4.78 is 52.6. The van der Waals surface area contributed by atoms with Crippen LogP contribution in [0.15, 0.2) is 42.7 Å². The Balaban J connectivity index is 1.86. The lowest BCUT2D eigenvalue weighted by molar-refractivity contribution is -0.137. The molecule has 0 amide bonds. The summed E-state index contributed by atoms with van der Waals surface area (Å²) in [7, 11) is 0. The highest BCUT2D eigenvalue weighted by Gasteiger charge is 2.32. The van der Waals surface area contributed by atoms with E-state index in [0.717, 1.165) is 23.8 Å². The molecule has 3 nitrogen and oxygen atoms in total. The molecule has 1 N–H and O–H groups in total. The van der Waals surface area contributed by atoms with Crippen LogP contribution < -0.4 is 5.32 Å². The minimum atomic E-state index is -4.48. The van der Waals surface area contributed by atoms with Gasteiger partial charge in [0.05, 0.1) is 5.56 Å². The minimum Gasteiger partial charge on any atom is -0.314 e. The van der Waals surface area contributed by atoms with E-state index >= 15 is 0 Å². The van der Waals surface area contributed by atoms with Gasteiger partial charge < -0.3 is 5.32 Å². The Morgan fingerprint density at radius 3 is 2.79 bits per heavy atom. The van der Waals surface area contributed by atoms with Gasteiger partial charge in [0.2, 0.25) is 0 Å². The molecule has 2 aromatic rings. The average Bonchev–Trinajstić information content (AvgIpc) is 2.57. The number of nitrogens with one attached hydrogen (secondary N) is 1. The van der Waals surface area contributed by atoms with Gasteiger partial charge in [0.25, 0.3) is 0 Å². The van der Waals surface area contributed by atoms with Crippen LogP contribution in [0, 0.1) is 5.82 Å². The molecule has 1 saturated heterocycles. The van der Waals surface area contributed by atoms with Gasteiger partial charge in [-0.1, -0.05) is 6.07 Å². The van der Waals surface area contributed by atoms with Crippen LogP contribution in [-0.2, 0) is 12.7 Å². The Morgan fingerprint density at radius 2 is 2.08 bits per heavy atom. The van der Waals surface area contributed by atoms with E-state index in [4.69, 9.17) is 0 Å². The van der Waals surface area contributed by atoms with Gasteiger partial charge in [0.1, 0.15) is 5.82 Å². The molecule has 1 atom stereocenters. The molecular formula is C17H17F4N3. The highest BCUT2D eigenvalue weighted by atomic mass is 19.4. The molecular weight excluding hydrogens is 322 g/mol. The zero-order valence-electron chi connectivity index (χ0n) is 12.9. The molecule has 1 aliphatic heterocycles. The fourth-order valence-corrected chi connectivity index (χ4v) is 2.93. The lowest BCUT2D eigenvalue weighted by Gasteiger charge is -2.36. The quantitative estimate of drug-likeness (QED) is 0.869. The Hall–Kier alpha value is -1.99. The first-order chi connectivity index (χ1) is 11.4. The Bertz CT molecular complexity index is 688. The third kappa shape index (κ3) is 3.73. The molecule has 1 aromatic heterocycles. The van der Waals surface area contributed by atoms with Crippen LogP contribution >= 0.6 is 0 Å². The largest absolute Gasteiger partial charge is 0.416 e. The van der Waals surface area contributed by atoms with Crippen molar-refractivity contribution in [3.8, 4) is 0 Å². The molecule has 1 unspecified atom stereocenters. The number of nitrogens with zero attached hydrogens (tertiary/aromatic N) is 2. The first-order valence-electron chi connectivity index (χ1n) is 7.65. The van der Waals surface area contributed by atoms with Crippen LogP contribution in [0.2, 0.25) is 0 Å². The van der Waals surface area contributed by atoms with Gasteiger partial charge in [-0.05, 0) is 29.8 Å². The van der Waals surface area contributed by atoms with E-state index in [-0.39, 0.29) is 18.2 Å². The fraction of sp³-hybridized carbons (Fsp3) is 0.353. The van der Waals surface area contributed by atoms with Crippen LogP contribution in [0.25, 0.3) is 0 Å². The van der Waals surface area contributed by atoms with Crippen molar-refractivity contribution in [3.63, 3.8) is 0 Å². The molecule has 7 heteroatoms. The molecule has 24 heavy (non-hydrogen) atoms. The minimum absolute atomic E-state index is 0.0543. The predicted molar refractivity (Wildman–Crippen MR) is 81.7 cm³/mol. The first kappa shape index (κ1) is 16.9. The fourth-order valence-electron chi connectivity index (χ4n) is 2.93. The number of halogens is 4. The van der Waals surface area contributed by atoms with Crippen molar-refractivity contribution < 1.29 is 17.6 Å². The van der Waals surface area contributed by atoms with E-state index in [1.807, 2.05) is 17.0 Å². The summed E-state index contributed by atoms with van der Waals surface area (Å²) in [6, 6.07) is 6.24. The second-order valence-corrected chi connectivity index (χ2v) is 5.78. The summed E-state index contributed by atoms with van der Waals surface area (Å²) >= 11 is 0. The summed E-state index contributed by atoms with van der Waals surface area (Å²) in [5.74, 6) is -0.619. The molecule has 0 radical (unpaired) electrons. The predicted octanol–water partition coefficient (Wildman–Crippen LogP) is 3.39. The number of aromatic nitrogens is 1. The van der Waals surface area contributed by atoms with Crippen LogP contribution in [0.3, 0.4) is 0 Å². The average molecular weight is 339 g/mol. The molecule has 128 valence electrons. The molecule has 0 saturated carbocycles. The van der Waals surface area contributed by atoms with Crippen molar-refractivity contribution in [2.45, 2.75) is 18.8 Å². The van der Waals surface area contributed by atoms with Gasteiger partial charge in [-0.2, -0.15) is 13.2 Å². The Morgan fingerprint density at radius 1 is 1.25 bits per heavy atom. The maximum absolute atomic E-state index is 14.0. The first-order valence-corrected chi connectivity index (χ1v) is 7.65. The van der Waals surface area contributed by atoms with Gasteiger partial charge in [0.15, 0.2) is 0 Å². The number of piperazine rings is 1. The Kier molecular flexibility index (Phi) is 4.82. The molecule has 1 fully saturated rings. The number of benzene rings is 1. The van der Waals surface area contributed by atoms with Gasteiger partial charge >= 0.3 is 6.18 Å². The summed E-state index contributed by atoms with van der Waals surface area (Å²) in [4.78, 5) is 6.07. The topological polar surface area (TPSA) is 28.2 Å². The van der Waals surface area contributed by atoms with E-state index in [9.17, 15) is 17.6 Å². The molecule has 0 bridgehead atoms. The summed E-state index contributed by atoms with van der Waals surface area (Å²) in [5.41, 5.74) is 0.185. The second-order valence-electron chi connectivity index (χ2n) is 5.78. The zero-order chi connectivity index (χ0) is 17.2. The standard InChI is InChI=1S/C17H17F4N3/c18-15-4-3-14(17(19,20)21)8-13(15)11-24-7-6-23-10-16(24)12-2-1-5-22-9-12/h1-5,8-9,16,23H,6-7,10-11H2. The van der Waals surface area contributed by atoms with E-state index in [2.05, 4.69) is 10.3 Å². The summed E-state index contributed by atoms with van der Waals surface area (Å²) in [6.45, 7) is 2.09. The monoisotopic (exact) mass is 339 g/mol. The lowest BCUT2D eigenvalue weighted by atomic mass is 10.0. The third-order valence-corrected chi connectivity index (χ3v) is 4.17. The van der Waals surface area contributed by atoms with E-state index in [1.54, 1.807) is 12.4 Å². The molecule has 0 aliphatic carbocycles. The second kappa shape index (κ2) is 6.86. The number of pyridine rings is 1. The van der Waals surface area contributed by atoms with Crippen molar-refractivity contribution in [2.24, 2.45) is 0 Å². The van der Waals surface area contributed by atoms with Crippen LogP contribution in [-0.4, -0.2) is 29.5 Å². The zero-order valence-corrected chi connectivity index (χ0v) is 12.9. The maximum atomic E-state index is 14.0. The van der Waals surface area contributed by atoms with E-state index in [1.165, 1.54) is 0 Å². The van der Waals surface area contributed by atoms with Gasteiger partial charge in [-0.15, -0.1) is 0 Å². The molecule has 0 spiro atoms. The van der Waals surface area contributed by atoms with Crippen LogP contribution in [0.5, 0.6) is 0 Å². The maximum Gasteiger partial charge on any atom is 0.416 e. The molecule has 2 heterocycles. The lowest BCUT2D eigenvalue weighted by Crippen LogP contribution is -2.45. The smallest absolute Gasteiger partial charge is 0.314 e. The van der Waals surface area contributed by atoms with E-state index < -0.39 is 17.6 Å². The molecule has 1 aromatic carbocycles. The SMILES string of the molecule is Fc1ccc(C(F)(F)F)cc1CN1CCNCC1c1cccnc1. The number of hydrogen-bond acceptors (Lipinski definition) is 3. The van der Waals surface area contributed by atoms with Gasteiger partial charge in [-0.25, -0.2) is 4.39 Å². The summed E-state index contributed by atoms with van der Waals surface area (Å²) in [6.07, 6.45) is -1.08. The van der Waals surface area contributed by atoms with Crippen molar-refractivity contribution >= 4 is 0 Å². The van der Waals surface area contributed by atoms with Crippen LogP contribution in [0.4, 0.5) is 17.6 Å². The summed E-state index contributed by atoms with van der Waals surface area (Å²) in [5, 5.41) is 3.26. The van der Waals surface area contributed by atoms with Crippen LogP contribution in [0.1, 0.15) is 22.7 Å². The molecule has 1 aliphatic rings. The highest BCUT2D eigenvalue weighted by Crippen LogP contribution is 2.31. The number of alkyl halides is 3. The third-order valence-electron chi connectivity index (χ3n) is 4.17. The number of hydrogen-bond donors (Lipinski definition) is 1.